The molecule has 4 amide bonds. The second-order valence-electron chi connectivity index (χ2n) is 14.3. The number of likely N-dealkylation sites (tertiary alicyclic amines) is 1. The lowest BCUT2D eigenvalue weighted by Gasteiger charge is -2.35. The van der Waals surface area contributed by atoms with Gasteiger partial charge >= 0.3 is 0 Å². The Morgan fingerprint density at radius 3 is 2.26 bits per heavy atom. The molecule has 1 saturated carbocycles. The van der Waals surface area contributed by atoms with Crippen molar-refractivity contribution in [1.82, 2.24) is 20.9 Å². The van der Waals surface area contributed by atoms with Gasteiger partial charge in [0.05, 0.1) is 6.04 Å². The van der Waals surface area contributed by atoms with Gasteiger partial charge in [0.1, 0.15) is 12.1 Å². The highest BCUT2D eigenvalue weighted by atomic mass is 16.2. The number of nitrogens with zero attached hydrogens (tertiary/aromatic N) is 1. The molecule has 2 aliphatic carbocycles. The van der Waals surface area contributed by atoms with Gasteiger partial charge in [0.2, 0.25) is 23.5 Å². The van der Waals surface area contributed by atoms with Crippen molar-refractivity contribution in [3.05, 3.63) is 48.0 Å². The first-order valence-electron chi connectivity index (χ1n) is 15.6. The molecule has 0 spiro atoms. The Hall–Kier alpha value is -3.49. The molecule has 3 N–H and O–H groups in total. The molecule has 1 aromatic carbocycles. The SMILES string of the molecule is C=CCNC(=O)C(=O)C(CCC)NC(=O)[C@@H]1[C@H]2[C@@H](CN1C(=O)[C@@H](NC(=O)CC(C)(C)C)C1Cc3ccccc3C1)C2(C)C. The summed E-state index contributed by atoms with van der Waals surface area (Å²) in [4.78, 5) is 68.6. The Morgan fingerprint density at radius 1 is 1.07 bits per heavy atom. The van der Waals surface area contributed by atoms with Gasteiger partial charge in [-0.2, -0.15) is 0 Å². The van der Waals surface area contributed by atoms with E-state index in [2.05, 4.69) is 48.5 Å². The molecular weight excluding hydrogens is 544 g/mol. The number of carbonyl (C=O) groups is 5. The lowest BCUT2D eigenvalue weighted by molar-refractivity contribution is -0.145. The van der Waals surface area contributed by atoms with Crippen LogP contribution in [0.5, 0.6) is 0 Å². The number of ketones is 1. The highest BCUT2D eigenvalue weighted by Crippen LogP contribution is 2.65. The molecule has 4 rings (SSSR count). The van der Waals surface area contributed by atoms with Crippen molar-refractivity contribution in [3.8, 4) is 0 Å². The molecule has 3 aliphatic rings. The fraction of sp³-hybridized carbons (Fsp3) is 0.618. The topological polar surface area (TPSA) is 125 Å². The normalized spacial score (nSPS) is 23.4. The molecule has 1 aromatic rings. The number of hydrogen-bond donors (Lipinski definition) is 3. The third-order valence-corrected chi connectivity index (χ3v) is 9.43. The van der Waals surface area contributed by atoms with Crippen LogP contribution in [0, 0.1) is 28.6 Å². The van der Waals surface area contributed by atoms with Crippen molar-refractivity contribution < 1.29 is 24.0 Å². The number of Topliss-reactive ketones (excluding diaryl/α,β-unsaturated/α-hetero) is 1. The monoisotopic (exact) mass is 592 g/mol. The molecule has 0 aromatic heterocycles. The molecule has 1 unspecified atom stereocenters. The maximum absolute atomic E-state index is 14.4. The second-order valence-corrected chi connectivity index (χ2v) is 14.3. The number of rotatable bonds is 12. The predicted octanol–water partition coefficient (Wildman–Crippen LogP) is 2.96. The Morgan fingerprint density at radius 2 is 1.70 bits per heavy atom. The number of carbonyl (C=O) groups excluding carboxylic acids is 5. The maximum atomic E-state index is 14.4. The minimum atomic E-state index is -0.994. The Labute approximate surface area is 255 Å². The van der Waals surface area contributed by atoms with Crippen LogP contribution in [0.4, 0.5) is 0 Å². The zero-order valence-electron chi connectivity index (χ0n) is 26.5. The summed E-state index contributed by atoms with van der Waals surface area (Å²) in [7, 11) is 0. The van der Waals surface area contributed by atoms with Crippen molar-refractivity contribution in [2.24, 2.45) is 28.6 Å². The van der Waals surface area contributed by atoms with Gasteiger partial charge in [0.15, 0.2) is 0 Å². The fourth-order valence-electron chi connectivity index (χ4n) is 7.13. The van der Waals surface area contributed by atoms with Crippen LogP contribution in [-0.2, 0) is 36.8 Å². The summed E-state index contributed by atoms with van der Waals surface area (Å²) in [6.45, 7) is 16.1. The zero-order valence-corrected chi connectivity index (χ0v) is 26.5. The van der Waals surface area contributed by atoms with Crippen LogP contribution < -0.4 is 16.0 Å². The number of amides is 4. The first-order valence-corrected chi connectivity index (χ1v) is 15.6. The van der Waals surface area contributed by atoms with E-state index in [1.807, 2.05) is 39.8 Å². The first-order chi connectivity index (χ1) is 20.2. The van der Waals surface area contributed by atoms with Gasteiger partial charge in [0.25, 0.3) is 5.91 Å². The summed E-state index contributed by atoms with van der Waals surface area (Å²) < 4.78 is 0. The molecule has 0 bridgehead atoms. The molecule has 9 heteroatoms. The van der Waals surface area contributed by atoms with Crippen LogP contribution in [0.25, 0.3) is 0 Å². The smallest absolute Gasteiger partial charge is 0.289 e. The number of piperidine rings is 1. The molecular formula is C34H48N4O5. The molecule has 234 valence electrons. The van der Waals surface area contributed by atoms with E-state index in [0.717, 1.165) is 0 Å². The van der Waals surface area contributed by atoms with E-state index < -0.39 is 35.7 Å². The average Bonchev–Trinajstić information content (AvgIpc) is 3.30. The predicted molar refractivity (Wildman–Crippen MR) is 165 cm³/mol. The van der Waals surface area contributed by atoms with E-state index in [1.54, 1.807) is 4.90 Å². The molecule has 9 nitrogen and oxygen atoms in total. The highest BCUT2D eigenvalue weighted by Gasteiger charge is 2.69. The van der Waals surface area contributed by atoms with E-state index >= 15 is 0 Å². The van der Waals surface area contributed by atoms with E-state index in [-0.39, 0.29) is 53.4 Å². The lowest BCUT2D eigenvalue weighted by Crippen LogP contribution is -2.59. The fourth-order valence-corrected chi connectivity index (χ4v) is 7.13. The van der Waals surface area contributed by atoms with Gasteiger partial charge < -0.3 is 20.9 Å². The largest absolute Gasteiger partial charge is 0.346 e. The molecule has 1 heterocycles. The third kappa shape index (κ3) is 7.02. The average molecular weight is 593 g/mol. The second kappa shape index (κ2) is 12.6. The summed E-state index contributed by atoms with van der Waals surface area (Å²) in [5.41, 5.74) is 1.95. The minimum absolute atomic E-state index is 0.0740. The quantitative estimate of drug-likeness (QED) is 0.254. The molecule has 1 aliphatic heterocycles. The number of nitrogens with one attached hydrogen (secondary N) is 3. The summed E-state index contributed by atoms with van der Waals surface area (Å²) in [5.74, 6) is -2.43. The van der Waals surface area contributed by atoms with Crippen molar-refractivity contribution >= 4 is 29.4 Å². The van der Waals surface area contributed by atoms with Crippen LogP contribution in [0.3, 0.4) is 0 Å². The highest BCUT2D eigenvalue weighted by molar-refractivity contribution is 6.38. The molecule has 1 saturated heterocycles. The van der Waals surface area contributed by atoms with Crippen molar-refractivity contribution in [1.29, 1.82) is 0 Å². The summed E-state index contributed by atoms with van der Waals surface area (Å²) >= 11 is 0. The minimum Gasteiger partial charge on any atom is -0.346 e. The Balaban J connectivity index is 1.59. The van der Waals surface area contributed by atoms with Gasteiger partial charge in [-0.3, -0.25) is 24.0 Å². The standard InChI is InChI=1S/C34H48N4O5/c1-8-12-24(29(40)31(42)35-15-9-2)36-30(41)28-26-23(34(26,6)7)19-38(28)32(43)27(37-25(39)18-33(3,4)5)22-16-20-13-10-11-14-21(20)17-22/h9-11,13-14,22-24,26-28H,2,8,12,15-19H2,1,3-7H3,(H,35,42)(H,36,41)(H,37,39)/t23-,24?,26-,27+,28+/m1/s1. The van der Waals surface area contributed by atoms with Gasteiger partial charge in [-0.15, -0.1) is 6.58 Å². The number of fused-ring (bicyclic) bond motifs is 2. The number of benzene rings is 1. The maximum Gasteiger partial charge on any atom is 0.289 e. The Kier molecular flexibility index (Phi) is 9.52. The third-order valence-electron chi connectivity index (χ3n) is 9.43. The van der Waals surface area contributed by atoms with Crippen LogP contribution in [0.2, 0.25) is 0 Å². The molecule has 43 heavy (non-hydrogen) atoms. The van der Waals surface area contributed by atoms with Crippen LogP contribution in [0.15, 0.2) is 36.9 Å². The van der Waals surface area contributed by atoms with Gasteiger partial charge in [-0.1, -0.05) is 78.3 Å². The van der Waals surface area contributed by atoms with Crippen LogP contribution in [0.1, 0.15) is 71.9 Å². The summed E-state index contributed by atoms with van der Waals surface area (Å²) in [5, 5.41) is 8.40. The Bertz CT molecular complexity index is 1260. The molecule has 0 radical (unpaired) electrons. The first kappa shape index (κ1) is 32.4. The zero-order chi connectivity index (χ0) is 31.7. The summed E-state index contributed by atoms with van der Waals surface area (Å²) in [6.07, 6.45) is 3.97. The number of hydrogen-bond acceptors (Lipinski definition) is 5. The molecule has 2 fully saturated rings. The van der Waals surface area contributed by atoms with Crippen molar-refractivity contribution in [2.45, 2.75) is 91.8 Å². The van der Waals surface area contributed by atoms with Crippen LogP contribution in [-0.4, -0.2) is 65.5 Å². The van der Waals surface area contributed by atoms with E-state index in [0.29, 0.717) is 32.2 Å². The van der Waals surface area contributed by atoms with Gasteiger partial charge in [0, 0.05) is 19.5 Å². The van der Waals surface area contributed by atoms with Crippen LogP contribution >= 0.6 is 0 Å². The lowest BCUT2D eigenvalue weighted by atomic mass is 9.90. The van der Waals surface area contributed by atoms with Crippen molar-refractivity contribution in [2.75, 3.05) is 13.1 Å². The van der Waals surface area contributed by atoms with E-state index in [1.165, 1.54) is 17.2 Å². The van der Waals surface area contributed by atoms with E-state index in [9.17, 15) is 24.0 Å². The molecule has 5 atom stereocenters. The van der Waals surface area contributed by atoms with E-state index in [4.69, 9.17) is 0 Å². The summed E-state index contributed by atoms with van der Waals surface area (Å²) in [6, 6.07) is 5.53. The van der Waals surface area contributed by atoms with Gasteiger partial charge in [-0.25, -0.2) is 0 Å². The van der Waals surface area contributed by atoms with Gasteiger partial charge in [-0.05, 0) is 59.0 Å². The van der Waals surface area contributed by atoms with Crippen molar-refractivity contribution in [3.63, 3.8) is 0 Å².